The molecule has 1 fully saturated rings. The number of hydrogen-bond acceptors (Lipinski definition) is 2. The first kappa shape index (κ1) is 13.4. The van der Waals surface area contributed by atoms with Crippen LogP contribution in [0.3, 0.4) is 0 Å². The van der Waals surface area contributed by atoms with Gasteiger partial charge in [0.1, 0.15) is 0 Å². The van der Waals surface area contributed by atoms with Crippen LogP contribution >= 0.6 is 0 Å². The maximum atomic E-state index is 3.56. The monoisotopic (exact) mass is 246 g/mol. The van der Waals surface area contributed by atoms with E-state index in [1.54, 1.807) is 0 Å². The molecular weight excluding hydrogens is 220 g/mol. The molecule has 0 saturated carbocycles. The summed E-state index contributed by atoms with van der Waals surface area (Å²) >= 11 is 0. The molecular formula is C16H26N2. The lowest BCUT2D eigenvalue weighted by atomic mass is 10.0. The van der Waals surface area contributed by atoms with E-state index in [1.807, 2.05) is 0 Å². The van der Waals surface area contributed by atoms with Crippen LogP contribution in [0.1, 0.15) is 44.6 Å². The number of anilines is 1. The van der Waals surface area contributed by atoms with Crippen molar-refractivity contribution >= 4 is 5.69 Å². The lowest BCUT2D eigenvalue weighted by Gasteiger charge is -2.22. The van der Waals surface area contributed by atoms with Gasteiger partial charge in [-0.25, -0.2) is 0 Å². The molecule has 1 aliphatic rings. The van der Waals surface area contributed by atoms with E-state index in [2.05, 4.69) is 55.4 Å². The molecule has 1 saturated heterocycles. The zero-order valence-corrected chi connectivity index (χ0v) is 11.9. The van der Waals surface area contributed by atoms with Gasteiger partial charge in [0.25, 0.3) is 0 Å². The highest BCUT2D eigenvalue weighted by atomic mass is 15.1. The second-order valence-electron chi connectivity index (χ2n) is 5.75. The van der Waals surface area contributed by atoms with E-state index in [0.717, 1.165) is 12.6 Å². The first-order valence-corrected chi connectivity index (χ1v) is 7.21. The molecule has 2 heteroatoms. The number of hydrogen-bond donors (Lipinski definition) is 1. The van der Waals surface area contributed by atoms with Crippen LogP contribution in [-0.4, -0.2) is 26.2 Å². The van der Waals surface area contributed by atoms with Gasteiger partial charge in [-0.1, -0.05) is 26.0 Å². The molecule has 0 aliphatic carbocycles. The molecule has 1 atom stereocenters. The van der Waals surface area contributed by atoms with Crippen LogP contribution in [0.2, 0.25) is 0 Å². The molecule has 0 bridgehead atoms. The molecule has 0 aromatic heterocycles. The Morgan fingerprint density at radius 1 is 1.28 bits per heavy atom. The fourth-order valence-corrected chi connectivity index (χ4v) is 2.60. The molecule has 1 aromatic rings. The number of nitrogens with one attached hydrogen (secondary N) is 1. The zero-order valence-electron chi connectivity index (χ0n) is 11.9. The normalized spacial score (nSPS) is 19.4. The quantitative estimate of drug-likeness (QED) is 0.856. The van der Waals surface area contributed by atoms with Gasteiger partial charge in [-0.15, -0.1) is 0 Å². The Balaban J connectivity index is 1.85. The molecule has 0 radical (unpaired) electrons. The summed E-state index contributed by atoms with van der Waals surface area (Å²) < 4.78 is 0. The van der Waals surface area contributed by atoms with E-state index < -0.39 is 0 Å². The molecule has 1 heterocycles. The third-order valence-electron chi connectivity index (χ3n) is 3.98. The van der Waals surface area contributed by atoms with Crippen LogP contribution in [0.15, 0.2) is 24.3 Å². The third kappa shape index (κ3) is 3.49. The topological polar surface area (TPSA) is 15.3 Å². The van der Waals surface area contributed by atoms with Crippen molar-refractivity contribution in [3.8, 4) is 0 Å². The van der Waals surface area contributed by atoms with E-state index in [1.165, 1.54) is 37.1 Å². The Morgan fingerprint density at radius 2 is 2.00 bits per heavy atom. The number of benzene rings is 1. The van der Waals surface area contributed by atoms with Crippen LogP contribution in [0, 0.1) is 0 Å². The summed E-state index contributed by atoms with van der Waals surface area (Å²) in [5.41, 5.74) is 2.75. The maximum absolute atomic E-state index is 3.56. The predicted octanol–water partition coefficient (Wildman–Crippen LogP) is 3.39. The highest BCUT2D eigenvalue weighted by Gasteiger charge is 2.14. The molecule has 18 heavy (non-hydrogen) atoms. The Bertz CT molecular complexity index is 350. The van der Waals surface area contributed by atoms with Gasteiger partial charge in [0.05, 0.1) is 0 Å². The Hall–Kier alpha value is -1.02. The van der Waals surface area contributed by atoms with E-state index >= 15 is 0 Å². The van der Waals surface area contributed by atoms with Crippen molar-refractivity contribution in [1.29, 1.82) is 0 Å². The standard InChI is InChI=1S/C16H26N2/c1-13(2)14-6-8-16(9-7-14)18(3)12-10-15-5-4-11-17-15/h6-9,13,15,17H,4-5,10-12H2,1-3H3. The van der Waals surface area contributed by atoms with Gasteiger partial charge >= 0.3 is 0 Å². The van der Waals surface area contributed by atoms with E-state index in [9.17, 15) is 0 Å². The predicted molar refractivity (Wildman–Crippen MR) is 79.4 cm³/mol. The highest BCUT2D eigenvalue weighted by molar-refractivity contribution is 5.47. The van der Waals surface area contributed by atoms with Gasteiger partial charge in [0.2, 0.25) is 0 Å². The summed E-state index contributed by atoms with van der Waals surface area (Å²) in [4.78, 5) is 2.37. The summed E-state index contributed by atoms with van der Waals surface area (Å²) in [6, 6.07) is 9.74. The minimum Gasteiger partial charge on any atom is -0.375 e. The van der Waals surface area contributed by atoms with Crippen molar-refractivity contribution in [2.45, 2.75) is 45.1 Å². The highest BCUT2D eigenvalue weighted by Crippen LogP contribution is 2.20. The number of rotatable bonds is 5. The maximum Gasteiger partial charge on any atom is 0.0363 e. The average Bonchev–Trinajstić information content (AvgIpc) is 2.89. The van der Waals surface area contributed by atoms with Crippen molar-refractivity contribution in [3.63, 3.8) is 0 Å². The summed E-state index contributed by atoms with van der Waals surface area (Å²) in [5, 5.41) is 3.56. The zero-order chi connectivity index (χ0) is 13.0. The largest absolute Gasteiger partial charge is 0.375 e. The van der Waals surface area contributed by atoms with Crippen LogP contribution in [-0.2, 0) is 0 Å². The van der Waals surface area contributed by atoms with Gasteiger partial charge in [0, 0.05) is 25.3 Å². The number of nitrogens with zero attached hydrogens (tertiary/aromatic N) is 1. The van der Waals surface area contributed by atoms with Gasteiger partial charge < -0.3 is 10.2 Å². The Kier molecular flexibility index (Phi) is 4.65. The second-order valence-corrected chi connectivity index (χ2v) is 5.75. The molecule has 2 rings (SSSR count). The first-order chi connectivity index (χ1) is 8.66. The van der Waals surface area contributed by atoms with E-state index in [-0.39, 0.29) is 0 Å². The molecule has 1 aromatic carbocycles. The lowest BCUT2D eigenvalue weighted by Crippen LogP contribution is -2.28. The fraction of sp³-hybridized carbons (Fsp3) is 0.625. The summed E-state index contributed by atoms with van der Waals surface area (Å²) in [6.45, 7) is 6.82. The molecule has 1 aliphatic heterocycles. The summed E-state index contributed by atoms with van der Waals surface area (Å²) in [6.07, 6.45) is 3.94. The van der Waals surface area contributed by atoms with Crippen LogP contribution in [0.4, 0.5) is 5.69 Å². The van der Waals surface area contributed by atoms with Gasteiger partial charge in [0.15, 0.2) is 0 Å². The van der Waals surface area contributed by atoms with E-state index in [4.69, 9.17) is 0 Å². The van der Waals surface area contributed by atoms with Crippen molar-refractivity contribution in [1.82, 2.24) is 5.32 Å². The van der Waals surface area contributed by atoms with Gasteiger partial charge in [-0.2, -0.15) is 0 Å². The van der Waals surface area contributed by atoms with Crippen molar-refractivity contribution in [2.75, 3.05) is 25.0 Å². The SMILES string of the molecule is CC(C)c1ccc(N(C)CCC2CCCN2)cc1. The molecule has 1 N–H and O–H groups in total. The second kappa shape index (κ2) is 6.24. The molecule has 100 valence electrons. The van der Waals surface area contributed by atoms with Crippen molar-refractivity contribution in [3.05, 3.63) is 29.8 Å². The first-order valence-electron chi connectivity index (χ1n) is 7.21. The molecule has 2 nitrogen and oxygen atoms in total. The third-order valence-corrected chi connectivity index (χ3v) is 3.98. The smallest absolute Gasteiger partial charge is 0.0363 e. The minimum absolute atomic E-state index is 0.618. The van der Waals surface area contributed by atoms with Gasteiger partial charge in [-0.05, 0) is 49.4 Å². The van der Waals surface area contributed by atoms with E-state index in [0.29, 0.717) is 5.92 Å². The molecule has 0 spiro atoms. The van der Waals surface area contributed by atoms with Gasteiger partial charge in [-0.3, -0.25) is 0 Å². The Morgan fingerprint density at radius 3 is 2.56 bits per heavy atom. The summed E-state index contributed by atoms with van der Waals surface area (Å²) in [5.74, 6) is 0.618. The van der Waals surface area contributed by atoms with Crippen LogP contribution in [0.25, 0.3) is 0 Å². The Labute approximate surface area is 111 Å². The summed E-state index contributed by atoms with van der Waals surface area (Å²) in [7, 11) is 2.19. The molecule has 0 amide bonds. The van der Waals surface area contributed by atoms with Crippen LogP contribution in [0.5, 0.6) is 0 Å². The molecule has 1 unspecified atom stereocenters. The van der Waals surface area contributed by atoms with Crippen LogP contribution < -0.4 is 10.2 Å². The fourth-order valence-electron chi connectivity index (χ4n) is 2.60. The minimum atomic E-state index is 0.618. The van der Waals surface area contributed by atoms with Crippen molar-refractivity contribution in [2.24, 2.45) is 0 Å². The van der Waals surface area contributed by atoms with Crippen molar-refractivity contribution < 1.29 is 0 Å². The average molecular weight is 246 g/mol. The lowest BCUT2D eigenvalue weighted by molar-refractivity contribution is 0.559.